The quantitative estimate of drug-likeness (QED) is 0.325. The number of anilines is 1. The summed E-state index contributed by atoms with van der Waals surface area (Å²) in [4.78, 5) is 17.3. The molecule has 3 atom stereocenters. The summed E-state index contributed by atoms with van der Waals surface area (Å²) in [5.41, 5.74) is 1.36. The molecular weight excluding hydrogens is 574 g/mol. The average Bonchev–Trinajstić information content (AvgIpc) is 3.58. The summed E-state index contributed by atoms with van der Waals surface area (Å²) in [7, 11) is 0. The summed E-state index contributed by atoms with van der Waals surface area (Å²) in [5.74, 6) is -1.10. The van der Waals surface area contributed by atoms with Crippen molar-refractivity contribution < 1.29 is 28.5 Å². The Kier molecular flexibility index (Phi) is 9.04. The van der Waals surface area contributed by atoms with Crippen LogP contribution in [0.15, 0.2) is 42.5 Å². The molecule has 1 amide bonds. The highest BCUT2D eigenvalue weighted by Gasteiger charge is 2.30. The zero-order chi connectivity index (χ0) is 30.9. The third kappa shape index (κ3) is 7.16. The number of aliphatic hydroxyl groups excluding tert-OH is 2. The molecule has 2 saturated heterocycles. The Morgan fingerprint density at radius 3 is 2.49 bits per heavy atom. The molecule has 1 unspecified atom stereocenters. The third-order valence-electron chi connectivity index (χ3n) is 7.64. The maximum Gasteiger partial charge on any atom is 0.407 e. The Bertz CT molecular complexity index is 1530. The van der Waals surface area contributed by atoms with Gasteiger partial charge in [-0.15, -0.1) is 11.3 Å². The molecule has 5 rings (SSSR count). The van der Waals surface area contributed by atoms with E-state index in [0.717, 1.165) is 12.8 Å². The normalized spacial score (nSPS) is 20.1. The first-order chi connectivity index (χ1) is 20.4. The number of piperidine rings is 1. The minimum atomic E-state index is -1.01. The molecular formula is C32H36F2N4O4S. The predicted octanol–water partition coefficient (Wildman–Crippen LogP) is 5.78. The molecule has 0 radical (unpaired) electrons. The average molecular weight is 611 g/mol. The van der Waals surface area contributed by atoms with E-state index in [1.54, 1.807) is 45.0 Å². The number of amides is 1. The smallest absolute Gasteiger partial charge is 0.407 e. The Labute approximate surface area is 254 Å². The number of nitrogens with zero attached hydrogens (tertiary/aromatic N) is 3. The zero-order valence-electron chi connectivity index (χ0n) is 24.4. The van der Waals surface area contributed by atoms with Gasteiger partial charge in [0.1, 0.15) is 29.5 Å². The number of carbonyl (C=O) groups excluding carboxylic acids is 1. The SMILES string of the molecule is CC(C)(C)OC(=O)N[C@@H]1CCCN(C(O)c2cc(-c3ccc(C#N)c(F)c3)c(-c3ccc(N4CC[C@H](O)C4)c(F)c3)s2)C1. The first-order valence-electron chi connectivity index (χ1n) is 14.4. The number of likely N-dealkylation sites (tertiary alicyclic amines) is 1. The molecule has 3 heterocycles. The maximum atomic E-state index is 15.4. The van der Waals surface area contributed by atoms with Gasteiger partial charge in [-0.1, -0.05) is 12.1 Å². The number of alkyl carbamates (subject to hydrolysis) is 1. The van der Waals surface area contributed by atoms with Crippen LogP contribution in [0.3, 0.4) is 0 Å². The molecule has 3 N–H and O–H groups in total. The van der Waals surface area contributed by atoms with E-state index in [4.69, 9.17) is 4.74 Å². The Balaban J connectivity index is 1.45. The number of aliphatic hydroxyl groups is 2. The lowest BCUT2D eigenvalue weighted by Gasteiger charge is -2.36. The van der Waals surface area contributed by atoms with Gasteiger partial charge in [-0.2, -0.15) is 5.26 Å². The van der Waals surface area contributed by atoms with Gasteiger partial charge in [-0.3, -0.25) is 4.90 Å². The highest BCUT2D eigenvalue weighted by atomic mass is 32.1. The first kappa shape index (κ1) is 30.9. The number of benzene rings is 2. The van der Waals surface area contributed by atoms with Crippen molar-refractivity contribution in [3.63, 3.8) is 0 Å². The van der Waals surface area contributed by atoms with Crippen molar-refractivity contribution in [1.82, 2.24) is 10.2 Å². The summed E-state index contributed by atoms with van der Waals surface area (Å²) in [6, 6.07) is 12.6. The van der Waals surface area contributed by atoms with E-state index < -0.39 is 35.7 Å². The lowest BCUT2D eigenvalue weighted by atomic mass is 10.00. The van der Waals surface area contributed by atoms with Gasteiger partial charge < -0.3 is 25.2 Å². The lowest BCUT2D eigenvalue weighted by Crippen LogP contribution is -2.49. The highest BCUT2D eigenvalue weighted by molar-refractivity contribution is 7.16. The van der Waals surface area contributed by atoms with Crippen molar-refractivity contribution in [1.29, 1.82) is 5.26 Å². The number of hydrogen-bond donors (Lipinski definition) is 3. The van der Waals surface area contributed by atoms with E-state index in [1.165, 1.54) is 29.5 Å². The van der Waals surface area contributed by atoms with Crippen molar-refractivity contribution in [3.05, 3.63) is 64.5 Å². The molecule has 11 heteroatoms. The van der Waals surface area contributed by atoms with Crippen molar-refractivity contribution in [2.75, 3.05) is 31.1 Å². The van der Waals surface area contributed by atoms with Gasteiger partial charge in [0.15, 0.2) is 0 Å². The van der Waals surface area contributed by atoms with Crippen molar-refractivity contribution >= 4 is 23.1 Å². The van der Waals surface area contributed by atoms with Crippen LogP contribution in [-0.4, -0.2) is 65.1 Å². The molecule has 43 heavy (non-hydrogen) atoms. The van der Waals surface area contributed by atoms with E-state index in [-0.39, 0.29) is 11.6 Å². The van der Waals surface area contributed by atoms with Crippen LogP contribution in [-0.2, 0) is 4.74 Å². The molecule has 0 aliphatic carbocycles. The molecule has 0 spiro atoms. The largest absolute Gasteiger partial charge is 0.444 e. The third-order valence-corrected chi connectivity index (χ3v) is 8.86. The van der Waals surface area contributed by atoms with Crippen LogP contribution in [0.5, 0.6) is 0 Å². The molecule has 1 aromatic heterocycles. The number of nitrogens with one attached hydrogen (secondary N) is 1. The summed E-state index contributed by atoms with van der Waals surface area (Å²) >= 11 is 1.28. The number of ether oxygens (including phenoxy) is 1. The molecule has 2 aromatic carbocycles. The minimum absolute atomic E-state index is 0.0826. The van der Waals surface area contributed by atoms with Gasteiger partial charge in [0.25, 0.3) is 0 Å². The summed E-state index contributed by atoms with van der Waals surface area (Å²) in [5, 5.41) is 33.5. The predicted molar refractivity (Wildman–Crippen MR) is 162 cm³/mol. The molecule has 0 saturated carbocycles. The van der Waals surface area contributed by atoms with Gasteiger partial charge in [-0.25, -0.2) is 13.6 Å². The molecule has 2 aliphatic rings. The van der Waals surface area contributed by atoms with Gasteiger partial charge >= 0.3 is 6.09 Å². The summed E-state index contributed by atoms with van der Waals surface area (Å²) in [6.45, 7) is 7.32. The highest BCUT2D eigenvalue weighted by Crippen LogP contribution is 2.43. The Hall–Kier alpha value is -3.56. The second-order valence-electron chi connectivity index (χ2n) is 12.1. The van der Waals surface area contributed by atoms with E-state index in [1.807, 2.05) is 15.9 Å². The number of rotatable bonds is 6. The van der Waals surface area contributed by atoms with Gasteiger partial charge in [0.05, 0.1) is 17.4 Å². The summed E-state index contributed by atoms with van der Waals surface area (Å²) in [6.07, 6.45) is 0.0545. The fraction of sp³-hybridized carbons (Fsp3) is 0.438. The van der Waals surface area contributed by atoms with Crippen LogP contribution in [0.2, 0.25) is 0 Å². The van der Waals surface area contributed by atoms with Crippen LogP contribution < -0.4 is 10.2 Å². The molecule has 8 nitrogen and oxygen atoms in total. The number of nitriles is 1. The topological polar surface area (TPSA) is 109 Å². The van der Waals surface area contributed by atoms with Crippen molar-refractivity contribution in [2.45, 2.75) is 64.0 Å². The van der Waals surface area contributed by atoms with Gasteiger partial charge in [0, 0.05) is 47.5 Å². The maximum absolute atomic E-state index is 15.4. The van der Waals surface area contributed by atoms with Crippen molar-refractivity contribution in [2.24, 2.45) is 0 Å². The number of carbonyl (C=O) groups is 1. The number of thiophene rings is 1. The number of hydrogen-bond acceptors (Lipinski definition) is 8. The number of β-amino-alcohol motifs (C(OH)–C–C–N with tert-alkyl or cyclic N) is 1. The van der Waals surface area contributed by atoms with E-state index >= 15 is 4.39 Å². The van der Waals surface area contributed by atoms with Gasteiger partial charge in [-0.05, 0) is 81.5 Å². The first-order valence-corrected chi connectivity index (χ1v) is 15.2. The summed E-state index contributed by atoms with van der Waals surface area (Å²) < 4.78 is 35.5. The van der Waals surface area contributed by atoms with Crippen LogP contribution >= 0.6 is 11.3 Å². The van der Waals surface area contributed by atoms with Crippen molar-refractivity contribution in [3.8, 4) is 27.6 Å². The van der Waals surface area contributed by atoms with Crippen LogP contribution in [0.4, 0.5) is 19.3 Å². The molecule has 228 valence electrons. The molecule has 0 bridgehead atoms. The second kappa shape index (κ2) is 12.6. The minimum Gasteiger partial charge on any atom is -0.444 e. The molecule has 3 aromatic rings. The van der Waals surface area contributed by atoms with Crippen LogP contribution in [0.25, 0.3) is 21.6 Å². The Morgan fingerprint density at radius 2 is 1.84 bits per heavy atom. The van der Waals surface area contributed by atoms with E-state index in [2.05, 4.69) is 5.32 Å². The van der Waals surface area contributed by atoms with Crippen LogP contribution in [0.1, 0.15) is 56.7 Å². The monoisotopic (exact) mass is 610 g/mol. The molecule has 2 aliphatic heterocycles. The molecule has 2 fully saturated rings. The van der Waals surface area contributed by atoms with E-state index in [0.29, 0.717) is 64.7 Å². The fourth-order valence-corrected chi connectivity index (χ4v) is 6.80. The van der Waals surface area contributed by atoms with E-state index in [9.17, 15) is 24.7 Å². The fourth-order valence-electron chi connectivity index (χ4n) is 5.61. The zero-order valence-corrected chi connectivity index (χ0v) is 25.3. The Morgan fingerprint density at radius 1 is 1.09 bits per heavy atom. The number of halogens is 2. The van der Waals surface area contributed by atoms with Gasteiger partial charge in [0.2, 0.25) is 0 Å². The lowest BCUT2D eigenvalue weighted by molar-refractivity contribution is -0.0173. The van der Waals surface area contributed by atoms with Crippen LogP contribution in [0, 0.1) is 23.0 Å². The standard InChI is InChI=1S/C32H36F2N4O4S/c1-32(2,3)42-31(41)36-22-5-4-11-38(17-22)30(40)28-15-24(19-6-7-21(16-35)25(33)13-19)29(43-28)20-8-9-27(26(34)14-20)37-12-10-23(39)18-37/h6-9,13-15,22-23,30,39-40H,4-5,10-12,17-18H2,1-3H3,(H,36,41)/t22-,23+,30?/m1/s1. The second-order valence-corrected chi connectivity index (χ2v) is 13.2.